The van der Waals surface area contributed by atoms with E-state index in [4.69, 9.17) is 5.73 Å². The molecule has 1 aromatic rings. The molecule has 0 aromatic carbocycles. The van der Waals surface area contributed by atoms with Gasteiger partial charge in [0, 0.05) is 17.5 Å². The van der Waals surface area contributed by atoms with E-state index in [9.17, 15) is 0 Å². The highest BCUT2D eigenvalue weighted by molar-refractivity contribution is 7.09. The van der Waals surface area contributed by atoms with E-state index < -0.39 is 0 Å². The molecule has 1 aliphatic rings. The Balaban J connectivity index is 1.81. The lowest BCUT2D eigenvalue weighted by Crippen LogP contribution is -2.41. The molecule has 1 saturated carbocycles. The Morgan fingerprint density at radius 3 is 3.00 bits per heavy atom. The van der Waals surface area contributed by atoms with Gasteiger partial charge >= 0.3 is 0 Å². The normalized spacial score (nSPS) is 26.7. The fourth-order valence-corrected chi connectivity index (χ4v) is 3.06. The summed E-state index contributed by atoms with van der Waals surface area (Å²) in [5.41, 5.74) is 5.81. The minimum Gasteiger partial charge on any atom is -0.330 e. The molecule has 0 spiro atoms. The molecule has 2 rings (SSSR count). The Labute approximate surface area is 95.9 Å². The van der Waals surface area contributed by atoms with Crippen LogP contribution in [0.3, 0.4) is 0 Å². The van der Waals surface area contributed by atoms with Crippen molar-refractivity contribution in [2.75, 3.05) is 6.54 Å². The van der Waals surface area contributed by atoms with Crippen LogP contribution in [0, 0.1) is 5.92 Å². The maximum atomic E-state index is 5.81. The first-order valence-electron chi connectivity index (χ1n) is 5.86. The average Bonchev–Trinajstić information content (AvgIpc) is 2.79. The fraction of sp³-hybridized carbons (Fsp3) is 0.667. The van der Waals surface area contributed by atoms with E-state index in [0.717, 1.165) is 13.1 Å². The molecular weight excluding hydrogens is 204 g/mol. The number of rotatable bonds is 4. The van der Waals surface area contributed by atoms with Crippen LogP contribution in [-0.4, -0.2) is 12.6 Å². The van der Waals surface area contributed by atoms with Crippen molar-refractivity contribution in [2.45, 2.75) is 38.3 Å². The van der Waals surface area contributed by atoms with E-state index in [1.54, 1.807) is 0 Å². The second-order valence-electron chi connectivity index (χ2n) is 4.35. The van der Waals surface area contributed by atoms with Crippen LogP contribution < -0.4 is 11.1 Å². The van der Waals surface area contributed by atoms with Crippen LogP contribution in [0.1, 0.15) is 30.6 Å². The van der Waals surface area contributed by atoms with Crippen LogP contribution in [0.5, 0.6) is 0 Å². The van der Waals surface area contributed by atoms with Gasteiger partial charge in [0.15, 0.2) is 0 Å². The van der Waals surface area contributed by atoms with Gasteiger partial charge in [-0.15, -0.1) is 11.3 Å². The molecule has 0 saturated heterocycles. The van der Waals surface area contributed by atoms with E-state index in [1.807, 2.05) is 11.3 Å². The minimum atomic E-state index is 0.644. The molecule has 3 N–H and O–H groups in total. The predicted octanol–water partition coefficient (Wildman–Crippen LogP) is 2.36. The summed E-state index contributed by atoms with van der Waals surface area (Å²) in [6.45, 7) is 1.85. The molecule has 1 aromatic heterocycles. The largest absolute Gasteiger partial charge is 0.330 e. The number of hydrogen-bond donors (Lipinski definition) is 2. The molecule has 2 nitrogen and oxygen atoms in total. The smallest absolute Gasteiger partial charge is 0.0302 e. The van der Waals surface area contributed by atoms with Gasteiger partial charge in [0.05, 0.1) is 0 Å². The zero-order chi connectivity index (χ0) is 10.5. The maximum absolute atomic E-state index is 5.81. The van der Waals surface area contributed by atoms with Crippen LogP contribution >= 0.6 is 11.3 Å². The lowest BCUT2D eigenvalue weighted by atomic mass is 9.84. The summed E-state index contributed by atoms with van der Waals surface area (Å²) < 4.78 is 0. The van der Waals surface area contributed by atoms with Crippen molar-refractivity contribution in [3.05, 3.63) is 22.4 Å². The van der Waals surface area contributed by atoms with Crippen LogP contribution in [0.25, 0.3) is 0 Å². The molecule has 15 heavy (non-hydrogen) atoms. The van der Waals surface area contributed by atoms with Gasteiger partial charge in [0.1, 0.15) is 0 Å². The van der Waals surface area contributed by atoms with Crippen molar-refractivity contribution in [3.8, 4) is 0 Å². The average molecular weight is 224 g/mol. The zero-order valence-electron chi connectivity index (χ0n) is 9.11. The number of nitrogens with one attached hydrogen (secondary N) is 1. The molecule has 2 atom stereocenters. The summed E-state index contributed by atoms with van der Waals surface area (Å²) in [5, 5.41) is 5.79. The molecule has 84 valence electrons. The van der Waals surface area contributed by atoms with Crippen LogP contribution in [0.4, 0.5) is 0 Å². The van der Waals surface area contributed by atoms with Gasteiger partial charge in [-0.25, -0.2) is 0 Å². The third-order valence-corrected chi connectivity index (χ3v) is 4.21. The summed E-state index contributed by atoms with van der Waals surface area (Å²) in [6, 6.07) is 4.95. The van der Waals surface area contributed by atoms with E-state index in [2.05, 4.69) is 22.8 Å². The lowest BCUT2D eigenvalue weighted by Gasteiger charge is -2.31. The molecule has 1 fully saturated rings. The highest BCUT2D eigenvalue weighted by Crippen LogP contribution is 2.24. The standard InChI is InChI=1S/C12H20N2S/c13-8-10-4-1-2-6-12(10)14-9-11-5-3-7-15-11/h3,5,7,10,12,14H,1-2,4,6,8-9,13H2. The first kappa shape index (κ1) is 11.1. The van der Waals surface area contributed by atoms with Crippen molar-refractivity contribution >= 4 is 11.3 Å². The van der Waals surface area contributed by atoms with Gasteiger partial charge in [-0.1, -0.05) is 18.9 Å². The van der Waals surface area contributed by atoms with Gasteiger partial charge in [-0.05, 0) is 36.8 Å². The third kappa shape index (κ3) is 3.03. The highest BCUT2D eigenvalue weighted by Gasteiger charge is 2.23. The van der Waals surface area contributed by atoms with Crippen molar-refractivity contribution in [2.24, 2.45) is 11.7 Å². The van der Waals surface area contributed by atoms with Crippen LogP contribution in [0.15, 0.2) is 17.5 Å². The van der Waals surface area contributed by atoms with Crippen molar-refractivity contribution in [1.29, 1.82) is 0 Å². The Hall–Kier alpha value is -0.380. The minimum absolute atomic E-state index is 0.644. The monoisotopic (exact) mass is 224 g/mol. The Morgan fingerprint density at radius 1 is 1.40 bits per heavy atom. The summed E-state index contributed by atoms with van der Waals surface area (Å²) in [7, 11) is 0. The molecule has 1 aliphatic carbocycles. The van der Waals surface area contributed by atoms with Gasteiger partial charge in [0.2, 0.25) is 0 Å². The summed E-state index contributed by atoms with van der Waals surface area (Å²) in [4.78, 5) is 1.43. The molecule has 0 bridgehead atoms. The molecular formula is C12H20N2S. The molecule has 0 aliphatic heterocycles. The molecule has 0 amide bonds. The molecule has 1 heterocycles. The zero-order valence-corrected chi connectivity index (χ0v) is 9.93. The highest BCUT2D eigenvalue weighted by atomic mass is 32.1. The first-order valence-corrected chi connectivity index (χ1v) is 6.74. The van der Waals surface area contributed by atoms with E-state index in [0.29, 0.717) is 12.0 Å². The Kier molecular flexibility index (Phi) is 4.18. The number of thiophene rings is 1. The van der Waals surface area contributed by atoms with E-state index in [-0.39, 0.29) is 0 Å². The first-order chi connectivity index (χ1) is 7.40. The van der Waals surface area contributed by atoms with Crippen LogP contribution in [-0.2, 0) is 6.54 Å². The molecule has 3 heteroatoms. The second-order valence-corrected chi connectivity index (χ2v) is 5.38. The van der Waals surface area contributed by atoms with Crippen molar-refractivity contribution < 1.29 is 0 Å². The topological polar surface area (TPSA) is 38.0 Å². The van der Waals surface area contributed by atoms with Crippen molar-refractivity contribution in [3.63, 3.8) is 0 Å². The maximum Gasteiger partial charge on any atom is 0.0302 e. The third-order valence-electron chi connectivity index (χ3n) is 3.33. The van der Waals surface area contributed by atoms with Gasteiger partial charge in [0.25, 0.3) is 0 Å². The number of nitrogens with two attached hydrogens (primary N) is 1. The lowest BCUT2D eigenvalue weighted by molar-refractivity contribution is 0.267. The van der Waals surface area contributed by atoms with Gasteiger partial charge in [-0.3, -0.25) is 0 Å². The SMILES string of the molecule is NCC1CCCCC1NCc1cccs1. The fourth-order valence-electron chi connectivity index (χ4n) is 2.40. The molecule has 0 radical (unpaired) electrons. The summed E-state index contributed by atoms with van der Waals surface area (Å²) >= 11 is 1.83. The van der Waals surface area contributed by atoms with E-state index >= 15 is 0 Å². The second kappa shape index (κ2) is 5.64. The van der Waals surface area contributed by atoms with Gasteiger partial charge in [-0.2, -0.15) is 0 Å². The Morgan fingerprint density at radius 2 is 2.27 bits per heavy atom. The molecule has 2 unspecified atom stereocenters. The summed E-state index contributed by atoms with van der Waals surface area (Å²) in [5.74, 6) is 0.693. The van der Waals surface area contributed by atoms with Crippen molar-refractivity contribution in [1.82, 2.24) is 5.32 Å². The summed E-state index contributed by atoms with van der Waals surface area (Å²) in [6.07, 6.45) is 5.32. The van der Waals surface area contributed by atoms with E-state index in [1.165, 1.54) is 30.6 Å². The Bertz CT molecular complexity index is 271. The van der Waals surface area contributed by atoms with Gasteiger partial charge < -0.3 is 11.1 Å². The number of hydrogen-bond acceptors (Lipinski definition) is 3. The quantitative estimate of drug-likeness (QED) is 0.824. The van der Waals surface area contributed by atoms with Crippen LogP contribution in [0.2, 0.25) is 0 Å². The predicted molar refractivity (Wildman–Crippen MR) is 66.0 cm³/mol.